The zero-order valence-electron chi connectivity index (χ0n) is 13.7. The number of amides is 1. The molecule has 3 heteroatoms. The highest BCUT2D eigenvalue weighted by molar-refractivity contribution is 5.87. The summed E-state index contributed by atoms with van der Waals surface area (Å²) in [6.07, 6.45) is 3.92. The van der Waals surface area contributed by atoms with Crippen molar-refractivity contribution in [3.8, 4) is 0 Å². The second-order valence-electron chi connectivity index (χ2n) is 6.52. The number of aliphatic hydroxyl groups is 1. The van der Waals surface area contributed by atoms with Crippen LogP contribution in [0.3, 0.4) is 0 Å². The molecule has 0 radical (unpaired) electrons. The van der Waals surface area contributed by atoms with Gasteiger partial charge in [-0.05, 0) is 48.9 Å². The van der Waals surface area contributed by atoms with E-state index in [4.69, 9.17) is 0 Å². The number of aliphatic hydroxyl groups excluding tert-OH is 1. The molecule has 0 spiro atoms. The van der Waals surface area contributed by atoms with Gasteiger partial charge in [0.15, 0.2) is 0 Å². The second-order valence-corrected chi connectivity index (χ2v) is 6.52. The summed E-state index contributed by atoms with van der Waals surface area (Å²) < 4.78 is 0. The van der Waals surface area contributed by atoms with E-state index in [0.29, 0.717) is 6.42 Å². The molecule has 0 aromatic heterocycles. The molecule has 1 aliphatic heterocycles. The van der Waals surface area contributed by atoms with Crippen LogP contribution in [0.1, 0.15) is 44.1 Å². The van der Waals surface area contributed by atoms with Gasteiger partial charge in [-0.2, -0.15) is 0 Å². The van der Waals surface area contributed by atoms with Gasteiger partial charge in [-0.15, -0.1) is 0 Å². The smallest absolute Gasteiger partial charge is 0.230 e. The standard InChI is InChI=1S/C20H25NO2/c1-15(17-10-9-16-6-2-3-7-18(16)14-17)20(23)21-12-5-4-8-19(21)11-13-22/h2-3,6-7,9-10,14-15,19,22H,4-5,8,11-13H2,1H3. The Kier molecular flexibility index (Phi) is 4.97. The number of piperidine rings is 1. The first-order valence-corrected chi connectivity index (χ1v) is 8.60. The number of fused-ring (bicyclic) bond motifs is 1. The number of nitrogens with zero attached hydrogens (tertiary/aromatic N) is 1. The number of benzene rings is 2. The van der Waals surface area contributed by atoms with Gasteiger partial charge >= 0.3 is 0 Å². The van der Waals surface area contributed by atoms with Crippen LogP contribution in [-0.4, -0.2) is 35.1 Å². The highest BCUT2D eigenvalue weighted by Crippen LogP contribution is 2.27. The molecule has 3 rings (SSSR count). The van der Waals surface area contributed by atoms with Crippen LogP contribution in [0, 0.1) is 0 Å². The van der Waals surface area contributed by atoms with Gasteiger partial charge < -0.3 is 10.0 Å². The Morgan fingerprint density at radius 1 is 1.22 bits per heavy atom. The lowest BCUT2D eigenvalue weighted by Gasteiger charge is -2.37. The highest BCUT2D eigenvalue weighted by atomic mass is 16.3. The average Bonchev–Trinajstić information content (AvgIpc) is 2.61. The minimum Gasteiger partial charge on any atom is -0.396 e. The van der Waals surface area contributed by atoms with Crippen molar-refractivity contribution >= 4 is 16.7 Å². The van der Waals surface area contributed by atoms with Crippen LogP contribution in [0.15, 0.2) is 42.5 Å². The van der Waals surface area contributed by atoms with Crippen molar-refractivity contribution in [2.45, 2.75) is 44.6 Å². The Morgan fingerprint density at radius 3 is 2.78 bits per heavy atom. The van der Waals surface area contributed by atoms with Gasteiger partial charge in [0.1, 0.15) is 0 Å². The van der Waals surface area contributed by atoms with E-state index in [1.807, 2.05) is 24.0 Å². The molecule has 2 atom stereocenters. The Labute approximate surface area is 137 Å². The minimum absolute atomic E-state index is 0.140. The molecule has 3 nitrogen and oxygen atoms in total. The summed E-state index contributed by atoms with van der Waals surface area (Å²) in [6.45, 7) is 2.97. The van der Waals surface area contributed by atoms with Gasteiger partial charge in [-0.25, -0.2) is 0 Å². The molecule has 2 aromatic carbocycles. The van der Waals surface area contributed by atoms with E-state index in [0.717, 1.165) is 31.4 Å². The van der Waals surface area contributed by atoms with Crippen molar-refractivity contribution in [1.82, 2.24) is 4.90 Å². The summed E-state index contributed by atoms with van der Waals surface area (Å²) in [6, 6.07) is 14.7. The van der Waals surface area contributed by atoms with Gasteiger partial charge in [-0.1, -0.05) is 42.5 Å². The van der Waals surface area contributed by atoms with Crippen molar-refractivity contribution < 1.29 is 9.90 Å². The van der Waals surface area contributed by atoms with E-state index in [1.165, 1.54) is 10.8 Å². The number of hydrogen-bond acceptors (Lipinski definition) is 2. The zero-order chi connectivity index (χ0) is 16.2. The second kappa shape index (κ2) is 7.14. The highest BCUT2D eigenvalue weighted by Gasteiger charge is 2.29. The van der Waals surface area contributed by atoms with Crippen molar-refractivity contribution in [3.05, 3.63) is 48.0 Å². The fourth-order valence-electron chi connectivity index (χ4n) is 3.61. The third kappa shape index (κ3) is 3.40. The van der Waals surface area contributed by atoms with Crippen molar-refractivity contribution in [1.29, 1.82) is 0 Å². The number of likely N-dealkylation sites (tertiary alicyclic amines) is 1. The molecular weight excluding hydrogens is 286 g/mol. The molecule has 122 valence electrons. The SMILES string of the molecule is CC(C(=O)N1CCCCC1CCO)c1ccc2ccccc2c1. The Morgan fingerprint density at radius 2 is 2.00 bits per heavy atom. The summed E-state index contributed by atoms with van der Waals surface area (Å²) >= 11 is 0. The summed E-state index contributed by atoms with van der Waals surface area (Å²) in [7, 11) is 0. The Hall–Kier alpha value is -1.87. The monoisotopic (exact) mass is 311 g/mol. The molecule has 2 aromatic rings. The molecular formula is C20H25NO2. The van der Waals surface area contributed by atoms with Crippen LogP contribution in [0.4, 0.5) is 0 Å². The van der Waals surface area contributed by atoms with Gasteiger partial charge in [0.25, 0.3) is 0 Å². The molecule has 0 aliphatic carbocycles. The van der Waals surface area contributed by atoms with E-state index >= 15 is 0 Å². The van der Waals surface area contributed by atoms with E-state index in [-0.39, 0.29) is 24.5 Å². The first-order valence-electron chi connectivity index (χ1n) is 8.60. The number of rotatable bonds is 4. The number of carbonyl (C=O) groups is 1. The predicted octanol–water partition coefficient (Wildman–Crippen LogP) is 3.71. The molecule has 1 N–H and O–H groups in total. The minimum atomic E-state index is -0.140. The maximum atomic E-state index is 13.0. The van der Waals surface area contributed by atoms with Crippen LogP contribution in [-0.2, 0) is 4.79 Å². The predicted molar refractivity (Wildman–Crippen MR) is 93.4 cm³/mol. The summed E-state index contributed by atoms with van der Waals surface area (Å²) in [5, 5.41) is 11.6. The van der Waals surface area contributed by atoms with Crippen LogP contribution in [0.5, 0.6) is 0 Å². The summed E-state index contributed by atoms with van der Waals surface area (Å²) in [4.78, 5) is 15.0. The molecule has 23 heavy (non-hydrogen) atoms. The quantitative estimate of drug-likeness (QED) is 0.935. The van der Waals surface area contributed by atoms with Gasteiger partial charge in [-0.3, -0.25) is 4.79 Å². The van der Waals surface area contributed by atoms with Crippen LogP contribution < -0.4 is 0 Å². The Bertz CT molecular complexity index is 680. The van der Waals surface area contributed by atoms with E-state index in [1.54, 1.807) is 0 Å². The zero-order valence-corrected chi connectivity index (χ0v) is 13.7. The molecule has 1 amide bonds. The number of hydrogen-bond donors (Lipinski definition) is 1. The fraction of sp³-hybridized carbons (Fsp3) is 0.450. The van der Waals surface area contributed by atoms with Gasteiger partial charge in [0.05, 0.1) is 5.92 Å². The molecule has 2 unspecified atom stereocenters. The van der Waals surface area contributed by atoms with Crippen molar-refractivity contribution in [3.63, 3.8) is 0 Å². The molecule has 1 heterocycles. The fourth-order valence-corrected chi connectivity index (χ4v) is 3.61. The third-order valence-corrected chi connectivity index (χ3v) is 5.02. The van der Waals surface area contributed by atoms with Crippen molar-refractivity contribution in [2.24, 2.45) is 0 Å². The maximum absolute atomic E-state index is 13.0. The summed E-state index contributed by atoms with van der Waals surface area (Å²) in [5.74, 6) is 0.0531. The largest absolute Gasteiger partial charge is 0.396 e. The van der Waals surface area contributed by atoms with E-state index in [2.05, 4.69) is 30.3 Å². The molecule has 0 saturated carbocycles. The number of carbonyl (C=O) groups excluding carboxylic acids is 1. The lowest BCUT2D eigenvalue weighted by atomic mass is 9.93. The molecule has 1 saturated heterocycles. The van der Waals surface area contributed by atoms with E-state index in [9.17, 15) is 9.90 Å². The molecule has 0 bridgehead atoms. The molecule has 1 fully saturated rings. The third-order valence-electron chi connectivity index (χ3n) is 5.02. The summed E-state index contributed by atoms with van der Waals surface area (Å²) in [5.41, 5.74) is 1.07. The van der Waals surface area contributed by atoms with Crippen LogP contribution >= 0.6 is 0 Å². The molecule has 1 aliphatic rings. The van der Waals surface area contributed by atoms with E-state index < -0.39 is 0 Å². The Balaban J connectivity index is 1.82. The lowest BCUT2D eigenvalue weighted by molar-refractivity contribution is -0.136. The average molecular weight is 311 g/mol. The van der Waals surface area contributed by atoms with Gasteiger partial charge in [0, 0.05) is 19.2 Å². The first-order chi connectivity index (χ1) is 11.2. The topological polar surface area (TPSA) is 40.5 Å². The van der Waals surface area contributed by atoms with Gasteiger partial charge in [0.2, 0.25) is 5.91 Å². The normalized spacial score (nSPS) is 19.7. The first kappa shape index (κ1) is 16.0. The van der Waals surface area contributed by atoms with Crippen LogP contribution in [0.25, 0.3) is 10.8 Å². The maximum Gasteiger partial charge on any atom is 0.230 e. The van der Waals surface area contributed by atoms with Crippen molar-refractivity contribution in [2.75, 3.05) is 13.2 Å². The van der Waals surface area contributed by atoms with Crippen LogP contribution in [0.2, 0.25) is 0 Å². The lowest BCUT2D eigenvalue weighted by Crippen LogP contribution is -2.45.